The van der Waals surface area contributed by atoms with Crippen LogP contribution in [0.15, 0.2) is 60.9 Å². The number of benzene rings is 1. The topological polar surface area (TPSA) is 80.2 Å². The molecule has 1 fully saturated rings. The number of carbonyl (C=O) groups is 1. The van der Waals surface area contributed by atoms with Gasteiger partial charge < -0.3 is 15.0 Å². The lowest BCUT2D eigenvalue weighted by atomic mass is 9.97. The smallest absolute Gasteiger partial charge is 0.229 e. The second kappa shape index (κ2) is 9.35. The lowest BCUT2D eigenvalue weighted by Crippen LogP contribution is -2.41. The SMILES string of the molecule is CCOc1ccccc1NC(=O)C1CCCN(c2ccc(-c3cccnc3)nn2)C1. The summed E-state index contributed by atoms with van der Waals surface area (Å²) in [6.07, 6.45) is 5.28. The van der Waals surface area contributed by atoms with Gasteiger partial charge in [-0.3, -0.25) is 9.78 Å². The van der Waals surface area contributed by atoms with Gasteiger partial charge in [0, 0.05) is 31.0 Å². The molecule has 154 valence electrons. The molecule has 7 nitrogen and oxygen atoms in total. The average Bonchev–Trinajstić information content (AvgIpc) is 2.81. The van der Waals surface area contributed by atoms with Gasteiger partial charge in [0.05, 0.1) is 23.9 Å². The minimum Gasteiger partial charge on any atom is -0.492 e. The van der Waals surface area contributed by atoms with Crippen molar-refractivity contribution in [3.05, 3.63) is 60.9 Å². The number of nitrogens with zero attached hydrogens (tertiary/aromatic N) is 4. The number of pyridine rings is 1. The minimum atomic E-state index is -0.117. The van der Waals surface area contributed by atoms with Gasteiger partial charge in [0.15, 0.2) is 5.82 Å². The predicted octanol–water partition coefficient (Wildman–Crippen LogP) is 3.79. The van der Waals surface area contributed by atoms with Crippen LogP contribution in [0.4, 0.5) is 11.5 Å². The zero-order valence-electron chi connectivity index (χ0n) is 17.0. The lowest BCUT2D eigenvalue weighted by Gasteiger charge is -2.32. The number of hydrogen-bond acceptors (Lipinski definition) is 6. The average molecular weight is 403 g/mol. The normalized spacial score (nSPS) is 16.2. The van der Waals surface area contributed by atoms with Crippen LogP contribution >= 0.6 is 0 Å². The lowest BCUT2D eigenvalue weighted by molar-refractivity contribution is -0.120. The first kappa shape index (κ1) is 19.8. The van der Waals surface area contributed by atoms with Crippen LogP contribution in [0.5, 0.6) is 5.75 Å². The van der Waals surface area contributed by atoms with E-state index in [-0.39, 0.29) is 11.8 Å². The van der Waals surface area contributed by atoms with E-state index in [1.807, 2.05) is 55.5 Å². The summed E-state index contributed by atoms with van der Waals surface area (Å²) in [7, 11) is 0. The van der Waals surface area contributed by atoms with E-state index in [1.54, 1.807) is 12.4 Å². The van der Waals surface area contributed by atoms with Crippen LogP contribution in [0.25, 0.3) is 11.3 Å². The number of nitrogens with one attached hydrogen (secondary N) is 1. The quantitative estimate of drug-likeness (QED) is 0.674. The van der Waals surface area contributed by atoms with E-state index in [1.165, 1.54) is 0 Å². The van der Waals surface area contributed by atoms with Crippen LogP contribution < -0.4 is 15.0 Å². The van der Waals surface area contributed by atoms with Crippen LogP contribution in [0.2, 0.25) is 0 Å². The van der Waals surface area contributed by atoms with Gasteiger partial charge in [-0.15, -0.1) is 10.2 Å². The number of piperidine rings is 1. The highest BCUT2D eigenvalue weighted by Gasteiger charge is 2.27. The van der Waals surface area contributed by atoms with E-state index in [2.05, 4.69) is 25.4 Å². The number of carbonyl (C=O) groups excluding carboxylic acids is 1. The van der Waals surface area contributed by atoms with E-state index >= 15 is 0 Å². The highest BCUT2D eigenvalue weighted by Crippen LogP contribution is 2.27. The molecule has 0 aliphatic carbocycles. The summed E-state index contributed by atoms with van der Waals surface area (Å²) in [5.41, 5.74) is 2.42. The molecular formula is C23H25N5O2. The van der Waals surface area contributed by atoms with Crippen molar-refractivity contribution in [2.45, 2.75) is 19.8 Å². The van der Waals surface area contributed by atoms with Gasteiger partial charge in [-0.25, -0.2) is 0 Å². The Morgan fingerprint density at radius 3 is 2.83 bits per heavy atom. The van der Waals surface area contributed by atoms with E-state index in [0.29, 0.717) is 24.6 Å². The number of anilines is 2. The van der Waals surface area contributed by atoms with Crippen molar-refractivity contribution in [3.63, 3.8) is 0 Å². The van der Waals surface area contributed by atoms with Gasteiger partial charge >= 0.3 is 0 Å². The molecule has 1 atom stereocenters. The molecule has 30 heavy (non-hydrogen) atoms. The molecule has 1 N–H and O–H groups in total. The van der Waals surface area contributed by atoms with Crippen molar-refractivity contribution in [3.8, 4) is 17.0 Å². The van der Waals surface area contributed by atoms with Crippen molar-refractivity contribution in [1.82, 2.24) is 15.2 Å². The summed E-state index contributed by atoms with van der Waals surface area (Å²) < 4.78 is 5.62. The molecule has 2 aromatic heterocycles. The Morgan fingerprint density at radius 1 is 1.17 bits per heavy atom. The fourth-order valence-electron chi connectivity index (χ4n) is 3.65. The second-order valence-corrected chi connectivity index (χ2v) is 7.22. The van der Waals surface area contributed by atoms with Crippen molar-refractivity contribution in [2.24, 2.45) is 5.92 Å². The van der Waals surface area contributed by atoms with Crippen molar-refractivity contribution in [1.29, 1.82) is 0 Å². The first-order valence-corrected chi connectivity index (χ1v) is 10.3. The molecule has 1 amide bonds. The third kappa shape index (κ3) is 4.56. The molecule has 1 aliphatic rings. The van der Waals surface area contributed by atoms with Gasteiger partial charge in [-0.1, -0.05) is 12.1 Å². The Bertz CT molecular complexity index is 978. The fraction of sp³-hybridized carbons (Fsp3) is 0.304. The van der Waals surface area contributed by atoms with Crippen LogP contribution in [0.1, 0.15) is 19.8 Å². The molecule has 1 aliphatic heterocycles. The standard InChI is InChI=1S/C23H25N5O2/c1-2-30-21-10-4-3-9-20(21)25-23(29)18-8-6-14-28(16-18)22-12-11-19(26-27-22)17-7-5-13-24-15-17/h3-5,7,9-13,15,18H,2,6,8,14,16H2,1H3,(H,25,29). The third-order valence-electron chi connectivity index (χ3n) is 5.17. The summed E-state index contributed by atoms with van der Waals surface area (Å²) in [4.78, 5) is 19.2. The number of para-hydroxylation sites is 2. The molecule has 0 bridgehead atoms. The Kier molecular flexibility index (Phi) is 6.17. The van der Waals surface area contributed by atoms with Crippen molar-refractivity contribution in [2.75, 3.05) is 29.9 Å². The third-order valence-corrected chi connectivity index (χ3v) is 5.17. The van der Waals surface area contributed by atoms with Crippen LogP contribution in [0.3, 0.4) is 0 Å². The molecule has 1 unspecified atom stereocenters. The van der Waals surface area contributed by atoms with Gasteiger partial charge in [0.1, 0.15) is 5.75 Å². The van der Waals surface area contributed by atoms with Gasteiger partial charge in [0.25, 0.3) is 0 Å². The zero-order valence-corrected chi connectivity index (χ0v) is 17.0. The largest absolute Gasteiger partial charge is 0.492 e. The Hall–Kier alpha value is -3.48. The van der Waals surface area contributed by atoms with E-state index < -0.39 is 0 Å². The van der Waals surface area contributed by atoms with Crippen molar-refractivity contribution < 1.29 is 9.53 Å². The highest BCUT2D eigenvalue weighted by molar-refractivity contribution is 5.94. The summed E-state index contributed by atoms with van der Waals surface area (Å²) in [6, 6.07) is 15.3. The number of hydrogen-bond donors (Lipinski definition) is 1. The monoisotopic (exact) mass is 403 g/mol. The van der Waals surface area contributed by atoms with E-state index in [9.17, 15) is 4.79 Å². The Balaban J connectivity index is 1.42. The highest BCUT2D eigenvalue weighted by atomic mass is 16.5. The summed E-state index contributed by atoms with van der Waals surface area (Å²) in [6.45, 7) is 3.96. The molecule has 0 radical (unpaired) electrons. The molecule has 7 heteroatoms. The molecule has 0 spiro atoms. The predicted molar refractivity (Wildman–Crippen MR) is 116 cm³/mol. The summed E-state index contributed by atoms with van der Waals surface area (Å²) in [5, 5.41) is 11.8. The van der Waals surface area contributed by atoms with Crippen LogP contribution in [-0.2, 0) is 4.79 Å². The Morgan fingerprint density at radius 2 is 2.07 bits per heavy atom. The molecule has 1 saturated heterocycles. The van der Waals surface area contributed by atoms with Crippen LogP contribution in [-0.4, -0.2) is 40.8 Å². The zero-order chi connectivity index (χ0) is 20.8. The maximum atomic E-state index is 12.9. The maximum Gasteiger partial charge on any atom is 0.229 e. The number of rotatable bonds is 6. The molecule has 3 heterocycles. The van der Waals surface area contributed by atoms with Gasteiger partial charge in [0.2, 0.25) is 5.91 Å². The maximum absolute atomic E-state index is 12.9. The van der Waals surface area contributed by atoms with Gasteiger partial charge in [-0.2, -0.15) is 0 Å². The molecule has 3 aromatic rings. The summed E-state index contributed by atoms with van der Waals surface area (Å²) >= 11 is 0. The molecule has 4 rings (SSSR count). The van der Waals surface area contributed by atoms with Crippen LogP contribution in [0, 0.1) is 5.92 Å². The number of ether oxygens (including phenoxy) is 1. The van der Waals surface area contributed by atoms with E-state index in [4.69, 9.17) is 4.74 Å². The van der Waals surface area contributed by atoms with Gasteiger partial charge in [-0.05, 0) is 56.2 Å². The second-order valence-electron chi connectivity index (χ2n) is 7.22. The Labute approximate surface area is 176 Å². The molecular weight excluding hydrogens is 378 g/mol. The summed E-state index contributed by atoms with van der Waals surface area (Å²) in [5.74, 6) is 1.37. The minimum absolute atomic E-state index is 0.00629. The number of aromatic nitrogens is 3. The fourth-order valence-corrected chi connectivity index (χ4v) is 3.65. The first-order chi connectivity index (χ1) is 14.7. The molecule has 1 aromatic carbocycles. The molecule has 0 saturated carbocycles. The van der Waals surface area contributed by atoms with E-state index in [0.717, 1.165) is 36.5 Å². The number of amides is 1. The first-order valence-electron chi connectivity index (χ1n) is 10.3. The van der Waals surface area contributed by atoms with Crippen molar-refractivity contribution >= 4 is 17.4 Å².